The molecule has 3 heterocycles. The molecule has 178 valence electrons. The Bertz CT molecular complexity index is 1120. The number of benzene rings is 1. The van der Waals surface area contributed by atoms with Crippen molar-refractivity contribution in [3.05, 3.63) is 35.7 Å². The maximum absolute atomic E-state index is 12.6. The van der Waals surface area contributed by atoms with Gasteiger partial charge in [-0.25, -0.2) is 13.1 Å². The number of nitrogens with one attached hydrogen (secondary N) is 1. The number of nitrogens with zero attached hydrogens (tertiary/aromatic N) is 3. The molecule has 2 aliphatic rings. The fraction of sp³-hybridized carbons (Fsp3) is 0.476. The van der Waals surface area contributed by atoms with E-state index >= 15 is 0 Å². The zero-order chi connectivity index (χ0) is 23.4. The zero-order valence-electron chi connectivity index (χ0n) is 18.3. The largest absolute Gasteiger partial charge is 0.490 e. The van der Waals surface area contributed by atoms with Crippen molar-refractivity contribution < 1.29 is 32.0 Å². The van der Waals surface area contributed by atoms with Crippen LogP contribution < -0.4 is 14.2 Å². The lowest BCUT2D eigenvalue weighted by Crippen LogP contribution is -2.51. The molecule has 0 saturated carbocycles. The molecule has 0 atom stereocenters. The molecule has 0 unspecified atom stereocenters. The molecule has 1 aromatic carbocycles. The van der Waals surface area contributed by atoms with Crippen molar-refractivity contribution in [2.45, 2.75) is 24.7 Å². The number of rotatable bonds is 6. The molecule has 0 bridgehead atoms. The van der Waals surface area contributed by atoms with E-state index in [2.05, 4.69) is 9.88 Å². The fourth-order valence-electron chi connectivity index (χ4n) is 3.62. The molecule has 2 aromatic rings. The van der Waals surface area contributed by atoms with E-state index in [-0.39, 0.29) is 35.4 Å². The first kappa shape index (κ1) is 23.1. The maximum atomic E-state index is 12.6. The van der Waals surface area contributed by atoms with Crippen molar-refractivity contribution in [1.82, 2.24) is 19.7 Å². The Balaban J connectivity index is 1.25. The van der Waals surface area contributed by atoms with Crippen LogP contribution in [0.25, 0.3) is 0 Å². The van der Waals surface area contributed by atoms with Gasteiger partial charge >= 0.3 is 0 Å². The van der Waals surface area contributed by atoms with Crippen molar-refractivity contribution in [1.29, 1.82) is 0 Å². The van der Waals surface area contributed by atoms with Gasteiger partial charge in [-0.2, -0.15) is 0 Å². The van der Waals surface area contributed by atoms with Gasteiger partial charge in [-0.05, 0) is 19.1 Å². The van der Waals surface area contributed by atoms with Gasteiger partial charge in [0.2, 0.25) is 21.7 Å². The number of sulfonamides is 1. The summed E-state index contributed by atoms with van der Waals surface area (Å²) in [4.78, 5) is 28.2. The molecule has 12 heteroatoms. The standard InChI is InChI=1S/C21H26N4O7S/c1-15-13-19(32-23-15)21(27)25-9-7-24(8-10-25)20(26)5-6-22-33(28,29)16-3-4-17-18(14-16)31-12-2-11-30-17/h3-4,13-14,22H,2,5-12H2,1H3. The molecule has 4 rings (SSSR count). The van der Waals surface area contributed by atoms with Gasteiger partial charge in [-0.3, -0.25) is 9.59 Å². The van der Waals surface area contributed by atoms with E-state index in [4.69, 9.17) is 14.0 Å². The quantitative estimate of drug-likeness (QED) is 0.645. The maximum Gasteiger partial charge on any atom is 0.292 e. The third-order valence-electron chi connectivity index (χ3n) is 5.42. The summed E-state index contributed by atoms with van der Waals surface area (Å²) < 4.78 is 43.8. The Morgan fingerprint density at radius 1 is 1.03 bits per heavy atom. The number of aromatic nitrogens is 1. The fourth-order valence-corrected chi connectivity index (χ4v) is 4.67. The molecule has 11 nitrogen and oxygen atoms in total. The molecule has 0 radical (unpaired) electrons. The van der Waals surface area contributed by atoms with E-state index < -0.39 is 10.0 Å². The van der Waals surface area contributed by atoms with Gasteiger partial charge in [-0.15, -0.1) is 0 Å². The highest BCUT2D eigenvalue weighted by atomic mass is 32.2. The van der Waals surface area contributed by atoms with Crippen molar-refractivity contribution in [3.63, 3.8) is 0 Å². The molecule has 1 fully saturated rings. The number of hydrogen-bond donors (Lipinski definition) is 1. The molecule has 2 amide bonds. The number of carbonyl (C=O) groups excluding carboxylic acids is 2. The smallest absolute Gasteiger partial charge is 0.292 e. The number of ether oxygens (including phenoxy) is 2. The molecule has 1 saturated heterocycles. The minimum Gasteiger partial charge on any atom is -0.490 e. The number of hydrogen-bond acceptors (Lipinski definition) is 8. The minimum absolute atomic E-state index is 0.0129. The lowest BCUT2D eigenvalue weighted by atomic mass is 10.2. The molecule has 0 spiro atoms. The number of carbonyl (C=O) groups is 2. The van der Waals surface area contributed by atoms with Crippen LogP contribution in [0, 0.1) is 6.92 Å². The second-order valence-corrected chi connectivity index (χ2v) is 9.58. The van der Waals surface area contributed by atoms with Crippen LogP contribution in [-0.2, 0) is 14.8 Å². The minimum atomic E-state index is -3.81. The van der Waals surface area contributed by atoms with E-state index in [1.54, 1.807) is 28.9 Å². The summed E-state index contributed by atoms with van der Waals surface area (Å²) in [5.74, 6) is 0.637. The van der Waals surface area contributed by atoms with Gasteiger partial charge in [0, 0.05) is 57.7 Å². The van der Waals surface area contributed by atoms with Crippen LogP contribution in [0.2, 0.25) is 0 Å². The van der Waals surface area contributed by atoms with E-state index in [1.165, 1.54) is 12.1 Å². The second kappa shape index (κ2) is 9.79. The Hall–Kier alpha value is -3.12. The van der Waals surface area contributed by atoms with Gasteiger partial charge in [0.05, 0.1) is 23.8 Å². The highest BCUT2D eigenvalue weighted by Crippen LogP contribution is 2.31. The van der Waals surface area contributed by atoms with Gasteiger partial charge in [0.15, 0.2) is 11.5 Å². The summed E-state index contributed by atoms with van der Waals surface area (Å²) in [6.45, 7) is 4.14. The molecule has 0 aliphatic carbocycles. The number of fused-ring (bicyclic) bond motifs is 1. The van der Waals surface area contributed by atoms with E-state index in [0.29, 0.717) is 56.6 Å². The molecule has 33 heavy (non-hydrogen) atoms. The Kier molecular flexibility index (Phi) is 6.84. The number of aryl methyl sites for hydroxylation is 1. The van der Waals surface area contributed by atoms with E-state index in [0.717, 1.165) is 6.42 Å². The summed E-state index contributed by atoms with van der Waals surface area (Å²) >= 11 is 0. The molecule has 1 aromatic heterocycles. The Morgan fingerprint density at radius 3 is 2.42 bits per heavy atom. The van der Waals surface area contributed by atoms with Crippen molar-refractivity contribution in [2.75, 3.05) is 45.9 Å². The van der Waals surface area contributed by atoms with E-state index in [1.807, 2.05) is 0 Å². The normalized spacial score (nSPS) is 16.4. The lowest BCUT2D eigenvalue weighted by molar-refractivity contribution is -0.132. The van der Waals surface area contributed by atoms with Crippen LogP contribution >= 0.6 is 0 Å². The third-order valence-corrected chi connectivity index (χ3v) is 6.88. The topological polar surface area (TPSA) is 131 Å². The van der Waals surface area contributed by atoms with Crippen LogP contribution in [0.1, 0.15) is 29.1 Å². The van der Waals surface area contributed by atoms with Gasteiger partial charge < -0.3 is 23.8 Å². The molecule has 1 N–H and O–H groups in total. The van der Waals surface area contributed by atoms with Gasteiger partial charge in [0.25, 0.3) is 5.91 Å². The van der Waals surface area contributed by atoms with Crippen molar-refractivity contribution >= 4 is 21.8 Å². The van der Waals surface area contributed by atoms with Gasteiger partial charge in [-0.1, -0.05) is 5.16 Å². The first-order valence-corrected chi connectivity index (χ1v) is 12.2. The predicted octanol–water partition coefficient (Wildman–Crippen LogP) is 0.797. The predicted molar refractivity (Wildman–Crippen MR) is 116 cm³/mol. The highest BCUT2D eigenvalue weighted by molar-refractivity contribution is 7.89. The number of amides is 2. The van der Waals surface area contributed by atoms with Gasteiger partial charge in [0.1, 0.15) is 0 Å². The Labute approximate surface area is 191 Å². The molecular weight excluding hydrogens is 452 g/mol. The summed E-state index contributed by atoms with van der Waals surface area (Å²) in [5.41, 5.74) is 0.626. The zero-order valence-corrected chi connectivity index (χ0v) is 19.1. The van der Waals surface area contributed by atoms with Crippen molar-refractivity contribution in [2.24, 2.45) is 0 Å². The van der Waals surface area contributed by atoms with E-state index in [9.17, 15) is 18.0 Å². The summed E-state index contributed by atoms with van der Waals surface area (Å²) in [7, 11) is -3.81. The Morgan fingerprint density at radius 2 is 1.73 bits per heavy atom. The third kappa shape index (κ3) is 5.45. The first-order valence-electron chi connectivity index (χ1n) is 10.7. The van der Waals surface area contributed by atoms with Crippen LogP contribution in [0.15, 0.2) is 33.7 Å². The second-order valence-electron chi connectivity index (χ2n) is 7.81. The average Bonchev–Trinajstić information content (AvgIpc) is 3.10. The first-order chi connectivity index (χ1) is 15.8. The van der Waals surface area contributed by atoms with Crippen LogP contribution in [-0.4, -0.2) is 81.1 Å². The molecule has 2 aliphatic heterocycles. The van der Waals surface area contributed by atoms with Crippen LogP contribution in [0.4, 0.5) is 0 Å². The SMILES string of the molecule is Cc1cc(C(=O)N2CCN(C(=O)CCNS(=O)(=O)c3ccc4c(c3)OCCCO4)CC2)on1. The summed E-state index contributed by atoms with van der Waals surface area (Å²) in [5, 5.41) is 3.72. The monoisotopic (exact) mass is 478 g/mol. The summed E-state index contributed by atoms with van der Waals surface area (Å²) in [6.07, 6.45) is 0.734. The van der Waals surface area contributed by atoms with Crippen molar-refractivity contribution in [3.8, 4) is 11.5 Å². The van der Waals surface area contributed by atoms with Crippen LogP contribution in [0.5, 0.6) is 11.5 Å². The van der Waals surface area contributed by atoms with Crippen LogP contribution in [0.3, 0.4) is 0 Å². The summed E-state index contributed by atoms with van der Waals surface area (Å²) in [6, 6.07) is 6.03. The lowest BCUT2D eigenvalue weighted by Gasteiger charge is -2.34. The number of piperazine rings is 1. The highest BCUT2D eigenvalue weighted by Gasteiger charge is 2.27. The average molecular weight is 479 g/mol. The molecular formula is C21H26N4O7S.